The molecule has 0 aliphatic heterocycles. The summed E-state index contributed by atoms with van der Waals surface area (Å²) in [5.74, 6) is -0.747. The molecule has 0 aliphatic rings. The zero-order chi connectivity index (χ0) is 11.8. The van der Waals surface area contributed by atoms with Gasteiger partial charge in [-0.25, -0.2) is 0 Å². The summed E-state index contributed by atoms with van der Waals surface area (Å²) < 4.78 is 5.17. The van der Waals surface area contributed by atoms with Crippen molar-refractivity contribution in [2.45, 2.75) is 33.7 Å². The highest BCUT2D eigenvalue weighted by molar-refractivity contribution is 5.81. The Kier molecular flexibility index (Phi) is 6.72. The van der Waals surface area contributed by atoms with Crippen LogP contribution in [-0.2, 0) is 9.53 Å². The third-order valence-corrected chi connectivity index (χ3v) is 2.05. The van der Waals surface area contributed by atoms with Crippen molar-refractivity contribution in [3.8, 4) is 6.07 Å². The van der Waals surface area contributed by atoms with Crippen molar-refractivity contribution in [2.24, 2.45) is 11.8 Å². The summed E-state index contributed by atoms with van der Waals surface area (Å²) in [6, 6.07) is 1.96. The number of nitriles is 1. The maximum absolute atomic E-state index is 11.6. The van der Waals surface area contributed by atoms with Crippen molar-refractivity contribution in [3.05, 3.63) is 0 Å². The Morgan fingerprint density at radius 1 is 1.47 bits per heavy atom. The molecule has 2 atom stereocenters. The van der Waals surface area contributed by atoms with Gasteiger partial charge in [0.15, 0.2) is 0 Å². The van der Waals surface area contributed by atoms with Crippen molar-refractivity contribution >= 4 is 5.91 Å². The van der Waals surface area contributed by atoms with Crippen molar-refractivity contribution < 1.29 is 9.53 Å². The van der Waals surface area contributed by atoms with Gasteiger partial charge in [0.2, 0.25) is 5.91 Å². The first-order valence-corrected chi connectivity index (χ1v) is 5.30. The van der Waals surface area contributed by atoms with Crippen molar-refractivity contribution in [3.63, 3.8) is 0 Å². The van der Waals surface area contributed by atoms with Gasteiger partial charge < -0.3 is 10.1 Å². The third-order valence-electron chi connectivity index (χ3n) is 2.05. The summed E-state index contributed by atoms with van der Waals surface area (Å²) in [6.07, 6.45) is 0. The molecule has 0 aliphatic carbocycles. The van der Waals surface area contributed by atoms with E-state index in [1.165, 1.54) is 0 Å². The molecule has 0 radical (unpaired) electrons. The average Bonchev–Trinajstić information content (AvgIpc) is 2.15. The lowest BCUT2D eigenvalue weighted by atomic mass is 9.96. The number of hydrogen-bond acceptors (Lipinski definition) is 3. The van der Waals surface area contributed by atoms with Crippen LogP contribution in [0.5, 0.6) is 0 Å². The van der Waals surface area contributed by atoms with Crippen LogP contribution in [0.4, 0.5) is 0 Å². The van der Waals surface area contributed by atoms with Gasteiger partial charge in [0.1, 0.15) is 5.92 Å². The SMILES string of the molecule is CCOCC(C)NC(=O)C(C#N)C(C)C. The van der Waals surface area contributed by atoms with Gasteiger partial charge in [0, 0.05) is 12.6 Å². The molecule has 1 amide bonds. The molecule has 0 aromatic rings. The van der Waals surface area contributed by atoms with Crippen molar-refractivity contribution in [2.75, 3.05) is 13.2 Å². The molecule has 0 spiro atoms. The molecule has 86 valence electrons. The molecule has 0 rings (SSSR count). The Balaban J connectivity index is 4.06. The van der Waals surface area contributed by atoms with Crippen LogP contribution in [0.25, 0.3) is 0 Å². The molecular formula is C11H20N2O2. The first kappa shape index (κ1) is 13.9. The summed E-state index contributed by atoms with van der Waals surface area (Å²) in [4.78, 5) is 11.6. The molecule has 0 bridgehead atoms. The predicted molar refractivity (Wildman–Crippen MR) is 58.0 cm³/mol. The van der Waals surface area contributed by atoms with E-state index in [-0.39, 0.29) is 17.9 Å². The van der Waals surface area contributed by atoms with Crippen LogP contribution in [0, 0.1) is 23.2 Å². The molecular weight excluding hydrogens is 192 g/mol. The maximum Gasteiger partial charge on any atom is 0.237 e. The van der Waals surface area contributed by atoms with Gasteiger partial charge in [0.25, 0.3) is 0 Å². The topological polar surface area (TPSA) is 62.1 Å². The summed E-state index contributed by atoms with van der Waals surface area (Å²) >= 11 is 0. The van der Waals surface area contributed by atoms with E-state index in [0.717, 1.165) is 0 Å². The van der Waals surface area contributed by atoms with Crippen LogP contribution >= 0.6 is 0 Å². The molecule has 2 unspecified atom stereocenters. The van der Waals surface area contributed by atoms with Crippen LogP contribution in [0.2, 0.25) is 0 Å². The van der Waals surface area contributed by atoms with Crippen molar-refractivity contribution in [1.29, 1.82) is 5.26 Å². The van der Waals surface area contributed by atoms with Gasteiger partial charge in [-0.3, -0.25) is 4.79 Å². The number of carbonyl (C=O) groups is 1. The highest BCUT2D eigenvalue weighted by Crippen LogP contribution is 2.09. The zero-order valence-electron chi connectivity index (χ0n) is 9.91. The average molecular weight is 212 g/mol. The van der Waals surface area contributed by atoms with Gasteiger partial charge in [-0.15, -0.1) is 0 Å². The van der Waals surface area contributed by atoms with Gasteiger partial charge in [-0.2, -0.15) is 5.26 Å². The van der Waals surface area contributed by atoms with Crippen LogP contribution in [0.1, 0.15) is 27.7 Å². The quantitative estimate of drug-likeness (QED) is 0.722. The lowest BCUT2D eigenvalue weighted by Crippen LogP contribution is -2.40. The van der Waals surface area contributed by atoms with E-state index in [0.29, 0.717) is 13.2 Å². The monoisotopic (exact) mass is 212 g/mol. The highest BCUT2D eigenvalue weighted by atomic mass is 16.5. The maximum atomic E-state index is 11.6. The lowest BCUT2D eigenvalue weighted by Gasteiger charge is -2.17. The van der Waals surface area contributed by atoms with E-state index >= 15 is 0 Å². The molecule has 0 saturated carbocycles. The molecule has 1 N–H and O–H groups in total. The standard InChI is InChI=1S/C11H20N2O2/c1-5-15-7-9(4)13-11(14)10(6-12)8(2)3/h8-10H,5,7H2,1-4H3,(H,13,14). The zero-order valence-corrected chi connectivity index (χ0v) is 9.91. The van der Waals surface area contributed by atoms with Crippen LogP contribution in [0.15, 0.2) is 0 Å². The minimum atomic E-state index is -0.575. The highest BCUT2D eigenvalue weighted by Gasteiger charge is 2.22. The number of nitrogens with zero attached hydrogens (tertiary/aromatic N) is 1. The molecule has 0 aromatic carbocycles. The number of rotatable bonds is 6. The van der Waals surface area contributed by atoms with Gasteiger partial charge >= 0.3 is 0 Å². The Morgan fingerprint density at radius 3 is 2.47 bits per heavy atom. The van der Waals surface area contributed by atoms with Gasteiger partial charge in [-0.1, -0.05) is 13.8 Å². The molecule has 4 nitrogen and oxygen atoms in total. The minimum Gasteiger partial charge on any atom is -0.380 e. The second kappa shape index (κ2) is 7.24. The number of hydrogen-bond donors (Lipinski definition) is 1. The second-order valence-electron chi connectivity index (χ2n) is 3.92. The third kappa shape index (κ3) is 5.38. The summed E-state index contributed by atoms with van der Waals surface area (Å²) in [7, 11) is 0. The van der Waals surface area contributed by atoms with Crippen molar-refractivity contribution in [1.82, 2.24) is 5.32 Å². The van der Waals surface area contributed by atoms with E-state index in [1.54, 1.807) is 0 Å². The fraction of sp³-hybridized carbons (Fsp3) is 0.818. The number of ether oxygens (including phenoxy) is 1. The Bertz CT molecular complexity index is 233. The lowest BCUT2D eigenvalue weighted by molar-refractivity contribution is -0.125. The summed E-state index contributed by atoms with van der Waals surface area (Å²) in [5, 5.41) is 11.6. The molecule has 0 aromatic heterocycles. The van der Waals surface area contributed by atoms with E-state index in [1.807, 2.05) is 33.8 Å². The summed E-state index contributed by atoms with van der Waals surface area (Å²) in [5.41, 5.74) is 0. The second-order valence-corrected chi connectivity index (χ2v) is 3.92. The number of carbonyl (C=O) groups excluding carboxylic acids is 1. The first-order chi connectivity index (χ1) is 7.02. The van der Waals surface area contributed by atoms with Crippen LogP contribution < -0.4 is 5.32 Å². The molecule has 0 saturated heterocycles. The summed E-state index contributed by atoms with van der Waals surface area (Å²) in [6.45, 7) is 8.61. The van der Waals surface area contributed by atoms with E-state index < -0.39 is 5.92 Å². The van der Waals surface area contributed by atoms with E-state index in [4.69, 9.17) is 10.00 Å². The fourth-order valence-corrected chi connectivity index (χ4v) is 1.18. The van der Waals surface area contributed by atoms with Gasteiger partial charge in [0.05, 0.1) is 12.7 Å². The smallest absolute Gasteiger partial charge is 0.237 e. The first-order valence-electron chi connectivity index (χ1n) is 5.30. The molecule has 4 heteroatoms. The van der Waals surface area contributed by atoms with Crippen LogP contribution in [-0.4, -0.2) is 25.2 Å². The van der Waals surface area contributed by atoms with Gasteiger partial charge in [-0.05, 0) is 19.8 Å². The number of amides is 1. The molecule has 0 heterocycles. The Morgan fingerprint density at radius 2 is 2.07 bits per heavy atom. The Labute approximate surface area is 91.6 Å². The number of nitrogens with one attached hydrogen (secondary N) is 1. The fourth-order valence-electron chi connectivity index (χ4n) is 1.18. The van der Waals surface area contributed by atoms with E-state index in [9.17, 15) is 4.79 Å². The molecule has 15 heavy (non-hydrogen) atoms. The van der Waals surface area contributed by atoms with E-state index in [2.05, 4.69) is 5.32 Å². The minimum absolute atomic E-state index is 0.0364. The molecule has 0 fully saturated rings. The Hall–Kier alpha value is -1.08. The van der Waals surface area contributed by atoms with Crippen LogP contribution in [0.3, 0.4) is 0 Å². The normalized spacial score (nSPS) is 14.4. The largest absolute Gasteiger partial charge is 0.380 e. The predicted octanol–water partition coefficient (Wildman–Crippen LogP) is 1.32.